The van der Waals surface area contributed by atoms with Gasteiger partial charge in [0, 0.05) is 11.6 Å². The van der Waals surface area contributed by atoms with Crippen molar-refractivity contribution in [3.8, 4) is 0 Å². The van der Waals surface area contributed by atoms with Crippen molar-refractivity contribution in [3.05, 3.63) is 0 Å². The first-order valence-electron chi connectivity index (χ1n) is 4.26. The third-order valence-electron chi connectivity index (χ3n) is 2.33. The second-order valence-corrected chi connectivity index (χ2v) is 3.74. The molecule has 0 amide bonds. The minimum absolute atomic E-state index is 0.0824. The van der Waals surface area contributed by atoms with Gasteiger partial charge < -0.3 is 16.2 Å². The minimum Gasteiger partial charge on any atom is -0.481 e. The highest BCUT2D eigenvalue weighted by Gasteiger charge is 2.32. The molecule has 0 spiro atoms. The van der Waals surface area contributed by atoms with Gasteiger partial charge >= 0.3 is 5.97 Å². The fraction of sp³-hybridized carbons (Fsp3) is 0.875. The van der Waals surface area contributed by atoms with E-state index in [1.54, 1.807) is 0 Å². The Labute approximate surface area is 72.1 Å². The Bertz CT molecular complexity index is 184. The molecule has 0 aromatic heterocycles. The van der Waals surface area contributed by atoms with E-state index in [-0.39, 0.29) is 6.42 Å². The lowest BCUT2D eigenvalue weighted by Gasteiger charge is -2.36. The monoisotopic (exact) mass is 172 g/mol. The first kappa shape index (κ1) is 9.48. The average molecular weight is 172 g/mol. The molecule has 2 atom stereocenters. The van der Waals surface area contributed by atoms with E-state index in [4.69, 9.17) is 10.8 Å². The first-order chi connectivity index (χ1) is 5.52. The van der Waals surface area contributed by atoms with Crippen molar-refractivity contribution in [2.45, 2.75) is 37.8 Å². The van der Waals surface area contributed by atoms with Crippen molar-refractivity contribution < 1.29 is 9.90 Å². The Morgan fingerprint density at radius 2 is 2.50 bits per heavy atom. The van der Waals surface area contributed by atoms with E-state index in [1.807, 2.05) is 6.92 Å². The van der Waals surface area contributed by atoms with Crippen molar-refractivity contribution >= 4 is 5.97 Å². The van der Waals surface area contributed by atoms with Gasteiger partial charge in [-0.05, 0) is 26.3 Å². The number of carbonyl (C=O) groups is 1. The zero-order chi connectivity index (χ0) is 9.19. The maximum Gasteiger partial charge on any atom is 0.305 e. The summed E-state index contributed by atoms with van der Waals surface area (Å²) in [5, 5.41) is 11.9. The maximum atomic E-state index is 10.5. The van der Waals surface area contributed by atoms with E-state index < -0.39 is 11.5 Å². The van der Waals surface area contributed by atoms with Gasteiger partial charge in [0.1, 0.15) is 0 Å². The molecule has 4 N–H and O–H groups in total. The largest absolute Gasteiger partial charge is 0.481 e. The number of carboxylic acid groups (broad SMARTS) is 1. The van der Waals surface area contributed by atoms with E-state index in [9.17, 15) is 4.79 Å². The number of aliphatic carboxylic acids is 1. The third-order valence-corrected chi connectivity index (χ3v) is 2.33. The van der Waals surface area contributed by atoms with E-state index in [2.05, 4.69) is 5.32 Å². The molecule has 0 aromatic rings. The topological polar surface area (TPSA) is 75.4 Å². The molecular formula is C8H16N2O2. The number of carboxylic acids is 1. The molecule has 1 rings (SSSR count). The van der Waals surface area contributed by atoms with Crippen molar-refractivity contribution in [2.75, 3.05) is 6.54 Å². The fourth-order valence-corrected chi connectivity index (χ4v) is 1.81. The van der Waals surface area contributed by atoms with Gasteiger partial charge in [0.25, 0.3) is 0 Å². The van der Waals surface area contributed by atoms with Crippen LogP contribution in [0.3, 0.4) is 0 Å². The quantitative estimate of drug-likeness (QED) is 0.545. The van der Waals surface area contributed by atoms with Crippen LogP contribution in [0, 0.1) is 0 Å². The zero-order valence-electron chi connectivity index (χ0n) is 7.34. The molecule has 2 unspecified atom stereocenters. The molecule has 1 saturated heterocycles. The predicted octanol–water partition coefficient (Wildman–Crippen LogP) is -0.0695. The minimum atomic E-state index is -0.799. The van der Waals surface area contributed by atoms with Crippen LogP contribution in [0.2, 0.25) is 0 Å². The summed E-state index contributed by atoms with van der Waals surface area (Å²) in [5.41, 5.74) is 5.44. The van der Waals surface area contributed by atoms with Gasteiger partial charge in [-0.1, -0.05) is 0 Å². The molecule has 4 nitrogen and oxygen atoms in total. The molecule has 0 radical (unpaired) electrons. The molecule has 0 aliphatic carbocycles. The maximum absolute atomic E-state index is 10.5. The Morgan fingerprint density at radius 1 is 1.83 bits per heavy atom. The van der Waals surface area contributed by atoms with E-state index >= 15 is 0 Å². The molecule has 1 aliphatic heterocycles. The van der Waals surface area contributed by atoms with Gasteiger partial charge in [0.05, 0.1) is 6.42 Å². The Hall–Kier alpha value is -0.610. The lowest BCUT2D eigenvalue weighted by molar-refractivity contribution is -0.138. The first-order valence-corrected chi connectivity index (χ1v) is 4.26. The molecular weight excluding hydrogens is 156 g/mol. The van der Waals surface area contributed by atoms with Crippen LogP contribution >= 0.6 is 0 Å². The summed E-state index contributed by atoms with van der Waals surface area (Å²) in [5.74, 6) is -0.799. The van der Waals surface area contributed by atoms with E-state index in [0.717, 1.165) is 19.4 Å². The number of piperidine rings is 1. The van der Waals surface area contributed by atoms with Crippen LogP contribution in [0.5, 0.6) is 0 Å². The summed E-state index contributed by atoms with van der Waals surface area (Å²) in [6, 6.07) is 0.336. The summed E-state index contributed by atoms with van der Waals surface area (Å²) in [6.45, 7) is 2.85. The molecule has 1 fully saturated rings. The van der Waals surface area contributed by atoms with Crippen LogP contribution in [0.1, 0.15) is 26.2 Å². The molecule has 0 saturated carbocycles. The average Bonchev–Trinajstić information content (AvgIpc) is 1.82. The number of hydrogen-bond donors (Lipinski definition) is 3. The molecule has 0 aromatic carbocycles. The lowest BCUT2D eigenvalue weighted by Crippen LogP contribution is -2.53. The van der Waals surface area contributed by atoms with Gasteiger partial charge in [-0.25, -0.2) is 0 Å². The summed E-state index contributed by atoms with van der Waals surface area (Å²) in [7, 11) is 0. The Morgan fingerprint density at radius 3 is 3.00 bits per heavy atom. The molecule has 0 bridgehead atoms. The van der Waals surface area contributed by atoms with Crippen LogP contribution in [0.4, 0.5) is 0 Å². The van der Waals surface area contributed by atoms with Crippen LogP contribution in [-0.2, 0) is 4.79 Å². The third kappa shape index (κ3) is 2.46. The van der Waals surface area contributed by atoms with E-state index in [1.165, 1.54) is 0 Å². The van der Waals surface area contributed by atoms with E-state index in [0.29, 0.717) is 6.04 Å². The van der Waals surface area contributed by atoms with Crippen LogP contribution in [0.15, 0.2) is 0 Å². The zero-order valence-corrected chi connectivity index (χ0v) is 7.34. The van der Waals surface area contributed by atoms with Crippen molar-refractivity contribution in [2.24, 2.45) is 5.73 Å². The molecule has 12 heavy (non-hydrogen) atoms. The highest BCUT2D eigenvalue weighted by atomic mass is 16.4. The molecule has 4 heteroatoms. The summed E-state index contributed by atoms with van der Waals surface area (Å²) < 4.78 is 0. The van der Waals surface area contributed by atoms with Crippen molar-refractivity contribution in [1.82, 2.24) is 5.32 Å². The number of nitrogens with two attached hydrogens (primary N) is 1. The van der Waals surface area contributed by atoms with Crippen LogP contribution in [-0.4, -0.2) is 29.2 Å². The van der Waals surface area contributed by atoms with Gasteiger partial charge in [0.2, 0.25) is 0 Å². The summed E-state index contributed by atoms with van der Waals surface area (Å²) in [6.07, 6.45) is 1.59. The van der Waals surface area contributed by atoms with Gasteiger partial charge in [-0.3, -0.25) is 4.79 Å². The Kier molecular flexibility index (Phi) is 2.69. The SMILES string of the molecule is CC1CC(N)(CC(=O)O)CCN1. The van der Waals surface area contributed by atoms with Gasteiger partial charge in [0.15, 0.2) is 0 Å². The second kappa shape index (κ2) is 3.41. The van der Waals surface area contributed by atoms with Crippen molar-refractivity contribution in [1.29, 1.82) is 0 Å². The second-order valence-electron chi connectivity index (χ2n) is 3.74. The number of rotatable bonds is 2. The smallest absolute Gasteiger partial charge is 0.305 e. The fourth-order valence-electron chi connectivity index (χ4n) is 1.81. The highest BCUT2D eigenvalue weighted by molar-refractivity contribution is 5.68. The number of hydrogen-bond acceptors (Lipinski definition) is 3. The van der Waals surface area contributed by atoms with Gasteiger partial charge in [-0.2, -0.15) is 0 Å². The normalized spacial score (nSPS) is 36.3. The summed E-state index contributed by atoms with van der Waals surface area (Å²) >= 11 is 0. The van der Waals surface area contributed by atoms with Crippen LogP contribution in [0.25, 0.3) is 0 Å². The van der Waals surface area contributed by atoms with Crippen molar-refractivity contribution in [3.63, 3.8) is 0 Å². The van der Waals surface area contributed by atoms with Gasteiger partial charge in [-0.15, -0.1) is 0 Å². The predicted molar refractivity (Wildman–Crippen MR) is 45.9 cm³/mol. The molecule has 70 valence electrons. The Balaban J connectivity index is 2.51. The standard InChI is InChI=1S/C8H16N2O2/c1-6-4-8(9,2-3-10-6)5-7(11)12/h6,10H,2-5,9H2,1H3,(H,11,12). The molecule has 1 aliphatic rings. The summed E-state index contributed by atoms with van der Waals surface area (Å²) in [4.78, 5) is 10.5. The number of nitrogens with one attached hydrogen (secondary N) is 1. The lowest BCUT2D eigenvalue weighted by atomic mass is 9.83. The highest BCUT2D eigenvalue weighted by Crippen LogP contribution is 2.22. The van der Waals surface area contributed by atoms with Crippen LogP contribution < -0.4 is 11.1 Å². The molecule has 1 heterocycles.